The van der Waals surface area contributed by atoms with Crippen molar-refractivity contribution in [2.24, 2.45) is 43.3 Å². The fourth-order valence-electron chi connectivity index (χ4n) is 16.7. The van der Waals surface area contributed by atoms with Crippen LogP contribution in [0, 0.1) is 43.3 Å². The smallest absolute Gasteiger partial charge is 0.303 e. The number of aliphatic hydroxyl groups is 8. The van der Waals surface area contributed by atoms with Gasteiger partial charge >= 0.3 is 11.9 Å². The molecule has 7 rings (SSSR count). The molecule has 136 heavy (non-hydrogen) atoms. The molecule has 16 unspecified atom stereocenters. The second-order valence-electron chi connectivity index (χ2n) is 46.8. The van der Waals surface area contributed by atoms with E-state index < -0.39 is 102 Å². The Balaban J connectivity index is 0.000000800. The number of nitrogens with one attached hydrogen (secondary N) is 2. The molecule has 37 nitrogen and oxygen atoms in total. The van der Waals surface area contributed by atoms with Crippen molar-refractivity contribution in [3.63, 3.8) is 0 Å². The molecule has 7 fully saturated rings. The van der Waals surface area contributed by atoms with Crippen molar-refractivity contribution in [2.75, 3.05) is 92.5 Å². The van der Waals surface area contributed by atoms with Crippen LogP contribution in [0.4, 0.5) is 0 Å². The van der Waals surface area contributed by atoms with Crippen LogP contribution in [0.25, 0.3) is 0 Å². The molecule has 16 atom stereocenters. The van der Waals surface area contributed by atoms with E-state index in [4.69, 9.17) is 24.4 Å². The number of hydrogen-bond donors (Lipinski definition) is 12. The van der Waals surface area contributed by atoms with Crippen molar-refractivity contribution < 1.29 is 142 Å². The number of nitrogens with zero attached hydrogens (tertiary/aromatic N) is 6. The van der Waals surface area contributed by atoms with Crippen LogP contribution in [0.3, 0.4) is 0 Å². The summed E-state index contributed by atoms with van der Waals surface area (Å²) < 4.78 is 15.4. The second-order valence-corrected chi connectivity index (χ2v) is 46.8. The van der Waals surface area contributed by atoms with E-state index in [0.29, 0.717) is 90.8 Å². The highest BCUT2D eigenvalue weighted by molar-refractivity contribution is 5.95. The lowest BCUT2D eigenvalue weighted by Gasteiger charge is -2.31. The van der Waals surface area contributed by atoms with Crippen LogP contribution in [-0.2, 0) is 90.9 Å². The van der Waals surface area contributed by atoms with Gasteiger partial charge in [-0.05, 0) is 57.2 Å². The third-order valence-corrected chi connectivity index (χ3v) is 22.7. The van der Waals surface area contributed by atoms with Crippen molar-refractivity contribution in [3.8, 4) is 0 Å². The monoisotopic (exact) mass is 1940 g/mol. The number of rotatable bonds is 33. The fraction of sp³-hybridized carbons (Fsp3) is 0.838. The van der Waals surface area contributed by atoms with Gasteiger partial charge in [0.05, 0.1) is 131 Å². The first-order valence-electron chi connectivity index (χ1n) is 47.8. The van der Waals surface area contributed by atoms with Gasteiger partial charge in [0.15, 0.2) is 40.5 Å². The van der Waals surface area contributed by atoms with Crippen LogP contribution in [-0.4, -0.2) is 364 Å². The Kier molecular flexibility index (Phi) is 52.4. The van der Waals surface area contributed by atoms with Gasteiger partial charge in [-0.1, -0.05) is 166 Å². The number of carbonyl (C=O) groups excluding carboxylic acids is 14. The molecule has 7 heterocycles. The number of aliphatic carboxylic acids is 2. The Morgan fingerprint density at radius 3 is 1.01 bits per heavy atom. The predicted molar refractivity (Wildman–Crippen MR) is 509 cm³/mol. The molecule has 0 aromatic rings. The Morgan fingerprint density at radius 1 is 0.353 bits per heavy atom. The SMILES string of the molecule is CC(=O)N1CC(O)C(O)C1C(=O)CC(C)(C)C.CC(=O)N1CC(O)CC1C(=O)CC(C)(C)C.CC(=O)N1CC(O)CC1C(=O)CNC(CC(C)(C)C)C(=O)C(C)(C)C.CC(C)(C)CC(=O)C1CC(O)CN1.CC(C)(C)CC(=O)C1CC(O)CN1C(=O)CCC(=O)O.CC(C)(C)CC(=O)C1CC(O)CN1C(=O)CCCC(=O)O.COCCOCCOCC(=O)N1CC(O)CC1C(=O)CC(C)(C)C. The molecular weight excluding hydrogens is 1770 g/mol. The minimum atomic E-state index is -1.17. The third-order valence-electron chi connectivity index (χ3n) is 22.7. The minimum Gasteiger partial charge on any atom is -0.481 e. The van der Waals surface area contributed by atoms with Gasteiger partial charge in [0.1, 0.15) is 24.5 Å². The Hall–Kier alpha value is -7.40. The number of ether oxygens (including phenoxy) is 3. The van der Waals surface area contributed by atoms with E-state index >= 15 is 0 Å². The number of methoxy groups -OCH3 is 1. The van der Waals surface area contributed by atoms with E-state index in [1.54, 1.807) is 7.11 Å². The second kappa shape index (κ2) is 56.3. The lowest BCUT2D eigenvalue weighted by atomic mass is 9.79. The van der Waals surface area contributed by atoms with E-state index in [0.717, 1.165) is 0 Å². The first-order valence-corrected chi connectivity index (χ1v) is 47.8. The number of carbonyl (C=O) groups is 16. The summed E-state index contributed by atoms with van der Waals surface area (Å²) in [4.78, 5) is 198. The van der Waals surface area contributed by atoms with Crippen molar-refractivity contribution in [1.29, 1.82) is 0 Å². The van der Waals surface area contributed by atoms with Gasteiger partial charge in [0.25, 0.3) is 0 Å². The Bertz CT molecular complexity index is 3910. The molecule has 0 saturated carbocycles. The average molecular weight is 1940 g/mol. The molecule has 0 bridgehead atoms. The van der Waals surface area contributed by atoms with E-state index in [1.165, 1.54) is 50.2 Å². The topological polar surface area (TPSA) is 547 Å². The molecule has 0 aliphatic carbocycles. The number of amides is 6. The van der Waals surface area contributed by atoms with Gasteiger partial charge < -0.3 is 105 Å². The standard InChI is InChI=1S/C19H34N2O4.C17H31NO6.C15H25NO5.C14H23NO5.C12H21NO4.C12H21NO3.C10H19NO2/c1-12(22)21-11-13(23)8-15(21)16(24)10-20-14(9-18(2,3)4)17(25)19(5,6)7;1-17(2,3)10-15(20)14-9-13(19)11-18(14)16(21)12-24-8-7-23-6-5-22-4;1-15(2,3)8-12(18)11-7-10(17)9-16(11)13(19)5-4-6-14(20)21;1-14(2,3)7-11(17)10-6-9(16)8-15(10)12(18)4-5-13(19)20;1-7(14)13-6-9(16)11(17)10(13)8(15)5-12(2,3)4;1-8(14)13-7-9(15)5-10(13)11(16)6-12(2,3)4;1-10(2,3)5-9(13)8-4-7(12)6-11-8/h13-15,20,23H,8-11H2,1-7H3;13-14,19H,5-12H2,1-4H3;10-11,17H,4-9H2,1-3H3,(H,20,21);9-10,16H,4-8H2,1-3H3,(H,19,20);9-11,16-17H,5-6H2,1-4H3;9-10,15H,5-7H2,1-4H3;7-8,11-12H,4-6H2,1-3H3. The predicted octanol–water partition coefficient (Wildman–Crippen LogP) is 5.84. The van der Waals surface area contributed by atoms with Crippen LogP contribution < -0.4 is 10.6 Å². The summed E-state index contributed by atoms with van der Waals surface area (Å²) in [5, 5.41) is 100. The van der Waals surface area contributed by atoms with Gasteiger partial charge in [-0.3, -0.25) is 76.7 Å². The molecule has 0 spiro atoms. The van der Waals surface area contributed by atoms with Gasteiger partial charge in [-0.25, -0.2) is 0 Å². The third kappa shape index (κ3) is 50.1. The molecule has 37 heteroatoms. The fourth-order valence-corrected chi connectivity index (χ4v) is 16.7. The number of β-amino-alcohol motifs (C(OH)–C–C–N with tert-alkyl or cyclic N) is 7. The quantitative estimate of drug-likeness (QED) is 0.0343. The molecule has 7 saturated heterocycles. The lowest BCUT2D eigenvalue weighted by molar-refractivity contribution is -0.142. The highest BCUT2D eigenvalue weighted by Gasteiger charge is 2.48. The first kappa shape index (κ1) is 127. The normalized spacial score (nSPS) is 24.3. The molecular formula is C99H174N8O29. The number of aliphatic hydroxyl groups excluding tert-OH is 8. The molecule has 784 valence electrons. The van der Waals surface area contributed by atoms with Crippen molar-refractivity contribution in [3.05, 3.63) is 0 Å². The van der Waals surface area contributed by atoms with E-state index in [2.05, 4.69) is 52.2 Å². The Morgan fingerprint density at radius 2 is 0.676 bits per heavy atom. The molecule has 12 N–H and O–H groups in total. The number of carboxylic acid groups (broad SMARTS) is 2. The maximum Gasteiger partial charge on any atom is 0.303 e. The molecule has 6 amide bonds. The number of carboxylic acids is 2. The summed E-state index contributed by atoms with van der Waals surface area (Å²) in [5.74, 6) is -3.65. The highest BCUT2D eigenvalue weighted by atomic mass is 16.5. The number of hydrogen-bond acceptors (Lipinski definition) is 29. The summed E-state index contributed by atoms with van der Waals surface area (Å²) in [6, 6.07) is -4.21. The van der Waals surface area contributed by atoms with Gasteiger partial charge in [-0.15, -0.1) is 0 Å². The molecule has 0 aromatic carbocycles. The summed E-state index contributed by atoms with van der Waals surface area (Å²) in [6.07, 6.45) is -0.910. The molecule has 0 aromatic heterocycles. The number of likely N-dealkylation sites (tertiary alicyclic amines) is 6. The van der Waals surface area contributed by atoms with Crippen LogP contribution in [0.1, 0.15) is 303 Å². The number of Topliss-reactive ketones (excluding diaryl/α,β-unsaturated/α-hetero) is 8. The van der Waals surface area contributed by atoms with E-state index in [-0.39, 0.29) is 242 Å². The maximum absolute atomic E-state index is 12.7. The first-order chi connectivity index (χ1) is 61.9. The molecule has 0 radical (unpaired) electrons. The van der Waals surface area contributed by atoms with E-state index in [1.807, 2.05) is 125 Å². The largest absolute Gasteiger partial charge is 0.481 e. The van der Waals surface area contributed by atoms with Crippen LogP contribution in [0.5, 0.6) is 0 Å². The van der Waals surface area contributed by atoms with Gasteiger partial charge in [-0.2, -0.15) is 0 Å². The average Bonchev–Trinajstić information content (AvgIpc) is 1.65. The highest BCUT2D eigenvalue weighted by Crippen LogP contribution is 2.34. The molecule has 7 aliphatic rings. The zero-order chi connectivity index (χ0) is 105. The van der Waals surface area contributed by atoms with E-state index in [9.17, 15) is 118 Å². The summed E-state index contributed by atoms with van der Waals surface area (Å²) >= 11 is 0. The lowest BCUT2D eigenvalue weighted by Crippen LogP contribution is -2.49. The minimum absolute atomic E-state index is 0.00435. The van der Waals surface area contributed by atoms with Crippen molar-refractivity contribution >= 4 is 93.6 Å². The maximum atomic E-state index is 12.7. The summed E-state index contributed by atoms with van der Waals surface area (Å²) in [7, 11) is 1.60. The van der Waals surface area contributed by atoms with Gasteiger partial charge in [0.2, 0.25) is 35.4 Å². The van der Waals surface area contributed by atoms with Gasteiger partial charge in [0, 0.05) is 162 Å². The summed E-state index contributed by atoms with van der Waals surface area (Å²) in [5.41, 5.74) is -1.28. The van der Waals surface area contributed by atoms with Crippen molar-refractivity contribution in [2.45, 2.75) is 400 Å². The zero-order valence-electron chi connectivity index (χ0n) is 87.1. The zero-order valence-corrected chi connectivity index (χ0v) is 87.1. The van der Waals surface area contributed by atoms with Crippen molar-refractivity contribution in [1.82, 2.24) is 40.0 Å². The number of ketones is 8. The van der Waals surface area contributed by atoms with Crippen LogP contribution >= 0.6 is 0 Å². The molecule has 7 aliphatic heterocycles. The van der Waals surface area contributed by atoms with Crippen LogP contribution in [0.2, 0.25) is 0 Å². The Labute approximate surface area is 807 Å². The van der Waals surface area contributed by atoms with Crippen LogP contribution in [0.15, 0.2) is 0 Å². The summed E-state index contributed by atoms with van der Waals surface area (Å²) in [6.45, 7) is 54.6.